The van der Waals surface area contributed by atoms with Gasteiger partial charge >= 0.3 is 0 Å². The van der Waals surface area contributed by atoms with E-state index in [1.54, 1.807) is 0 Å². The van der Waals surface area contributed by atoms with Crippen LogP contribution in [-0.2, 0) is 0 Å². The minimum absolute atomic E-state index is 1.08. The second-order valence-corrected chi connectivity index (χ2v) is 2.72. The molecule has 0 aliphatic carbocycles. The van der Waals surface area contributed by atoms with Gasteiger partial charge in [0.05, 0.1) is 0 Å². The van der Waals surface area contributed by atoms with E-state index in [0.29, 0.717) is 0 Å². The van der Waals surface area contributed by atoms with Crippen LogP contribution >= 0.6 is 0 Å². The number of nitrogens with one attached hydrogen (secondary N) is 2. The third-order valence-electron chi connectivity index (χ3n) is 1.69. The fourth-order valence-electron chi connectivity index (χ4n) is 1.04. The van der Waals surface area contributed by atoms with E-state index in [4.69, 9.17) is 0 Å². The van der Waals surface area contributed by atoms with E-state index in [1.165, 1.54) is 19.3 Å². The Morgan fingerprint density at radius 3 is 3.00 bits per heavy atom. The molecule has 0 aromatic carbocycles. The highest BCUT2D eigenvalue weighted by molar-refractivity contribution is 5.33. The molecular formula is C9H16N2. The molecule has 1 aromatic rings. The molecule has 2 heteroatoms. The highest BCUT2D eigenvalue weighted by Crippen LogP contribution is 2.01. The summed E-state index contributed by atoms with van der Waals surface area (Å²) in [4.78, 5) is 3.10. The summed E-state index contributed by atoms with van der Waals surface area (Å²) in [5, 5.41) is 3.30. The Balaban J connectivity index is 2.04. The molecule has 0 amide bonds. The fourth-order valence-corrected chi connectivity index (χ4v) is 1.04. The van der Waals surface area contributed by atoms with Crippen molar-refractivity contribution in [1.29, 1.82) is 0 Å². The number of rotatable bonds is 5. The molecule has 0 aliphatic rings. The maximum atomic E-state index is 3.30. The van der Waals surface area contributed by atoms with E-state index in [0.717, 1.165) is 12.4 Å². The van der Waals surface area contributed by atoms with Gasteiger partial charge in [0.1, 0.15) is 5.82 Å². The van der Waals surface area contributed by atoms with Gasteiger partial charge in [-0.3, -0.25) is 0 Å². The summed E-state index contributed by atoms with van der Waals surface area (Å²) in [6.45, 7) is 3.29. The smallest absolute Gasteiger partial charge is 0.103 e. The summed E-state index contributed by atoms with van der Waals surface area (Å²) in [6.07, 6.45) is 5.79. The van der Waals surface area contributed by atoms with Crippen molar-refractivity contribution in [1.82, 2.24) is 4.98 Å². The third-order valence-corrected chi connectivity index (χ3v) is 1.69. The quantitative estimate of drug-likeness (QED) is 0.624. The summed E-state index contributed by atoms with van der Waals surface area (Å²) in [6, 6.07) is 4.05. The topological polar surface area (TPSA) is 27.8 Å². The van der Waals surface area contributed by atoms with Gasteiger partial charge in [-0.2, -0.15) is 0 Å². The molecule has 0 unspecified atom stereocenters. The first-order chi connectivity index (χ1) is 5.43. The molecule has 0 saturated carbocycles. The zero-order valence-electron chi connectivity index (χ0n) is 7.06. The van der Waals surface area contributed by atoms with Crippen LogP contribution in [0.1, 0.15) is 26.2 Å². The molecule has 0 fully saturated rings. The van der Waals surface area contributed by atoms with Crippen molar-refractivity contribution in [2.24, 2.45) is 0 Å². The molecule has 2 N–H and O–H groups in total. The summed E-state index contributed by atoms with van der Waals surface area (Å²) in [5.74, 6) is 1.13. The maximum Gasteiger partial charge on any atom is 0.103 e. The second kappa shape index (κ2) is 4.83. The molecule has 0 bridgehead atoms. The van der Waals surface area contributed by atoms with E-state index in [2.05, 4.69) is 17.2 Å². The van der Waals surface area contributed by atoms with Gasteiger partial charge in [-0.15, -0.1) is 0 Å². The van der Waals surface area contributed by atoms with Gasteiger partial charge in [0.25, 0.3) is 0 Å². The van der Waals surface area contributed by atoms with Crippen molar-refractivity contribution in [3.63, 3.8) is 0 Å². The highest BCUT2D eigenvalue weighted by atomic mass is 15.0. The number of aromatic nitrogens is 1. The van der Waals surface area contributed by atoms with E-state index in [-0.39, 0.29) is 0 Å². The number of unbranched alkanes of at least 4 members (excludes halogenated alkanes) is 2. The first kappa shape index (κ1) is 8.18. The molecule has 0 aliphatic heterocycles. The molecular weight excluding hydrogens is 136 g/mol. The van der Waals surface area contributed by atoms with Crippen molar-refractivity contribution in [2.75, 3.05) is 11.9 Å². The first-order valence-corrected chi connectivity index (χ1v) is 4.30. The van der Waals surface area contributed by atoms with Gasteiger partial charge in [0.15, 0.2) is 0 Å². The van der Waals surface area contributed by atoms with Crippen molar-refractivity contribution in [2.45, 2.75) is 26.2 Å². The molecule has 0 saturated heterocycles. The number of hydrogen-bond acceptors (Lipinski definition) is 1. The second-order valence-electron chi connectivity index (χ2n) is 2.72. The van der Waals surface area contributed by atoms with Gasteiger partial charge < -0.3 is 10.3 Å². The Morgan fingerprint density at radius 1 is 1.45 bits per heavy atom. The van der Waals surface area contributed by atoms with Crippen LogP contribution in [-0.4, -0.2) is 11.5 Å². The van der Waals surface area contributed by atoms with Gasteiger partial charge in [0.2, 0.25) is 0 Å². The minimum atomic E-state index is 1.08. The molecule has 62 valence electrons. The predicted octanol–water partition coefficient (Wildman–Crippen LogP) is 2.62. The van der Waals surface area contributed by atoms with Crippen LogP contribution < -0.4 is 5.32 Å². The standard InChI is InChI=1S/C9H16N2/c1-2-3-4-7-10-9-6-5-8-11-9/h5-6,8,10-11H,2-4,7H2,1H3. The van der Waals surface area contributed by atoms with Crippen molar-refractivity contribution in [3.05, 3.63) is 18.3 Å². The zero-order chi connectivity index (χ0) is 7.94. The average Bonchev–Trinajstić information content (AvgIpc) is 2.50. The minimum Gasteiger partial charge on any atom is -0.372 e. The highest BCUT2D eigenvalue weighted by Gasteiger charge is 1.88. The predicted molar refractivity (Wildman–Crippen MR) is 48.8 cm³/mol. The van der Waals surface area contributed by atoms with Crippen molar-refractivity contribution < 1.29 is 0 Å². The van der Waals surface area contributed by atoms with E-state index < -0.39 is 0 Å². The van der Waals surface area contributed by atoms with Gasteiger partial charge in [0, 0.05) is 12.7 Å². The molecule has 0 radical (unpaired) electrons. The number of H-pyrrole nitrogens is 1. The monoisotopic (exact) mass is 152 g/mol. The Kier molecular flexibility index (Phi) is 3.59. The van der Waals surface area contributed by atoms with Crippen LogP contribution in [0.2, 0.25) is 0 Å². The Bertz CT molecular complexity index is 168. The zero-order valence-corrected chi connectivity index (χ0v) is 7.06. The van der Waals surface area contributed by atoms with Gasteiger partial charge in [-0.05, 0) is 18.6 Å². The maximum absolute atomic E-state index is 3.30. The molecule has 11 heavy (non-hydrogen) atoms. The first-order valence-electron chi connectivity index (χ1n) is 4.30. The molecule has 0 atom stereocenters. The summed E-state index contributed by atoms with van der Waals surface area (Å²) in [7, 11) is 0. The summed E-state index contributed by atoms with van der Waals surface area (Å²) < 4.78 is 0. The van der Waals surface area contributed by atoms with E-state index in [9.17, 15) is 0 Å². The van der Waals surface area contributed by atoms with Gasteiger partial charge in [-0.25, -0.2) is 0 Å². The summed E-state index contributed by atoms with van der Waals surface area (Å²) >= 11 is 0. The molecule has 2 nitrogen and oxygen atoms in total. The van der Waals surface area contributed by atoms with E-state index >= 15 is 0 Å². The number of aromatic amines is 1. The van der Waals surface area contributed by atoms with Crippen LogP contribution in [0.5, 0.6) is 0 Å². The molecule has 1 heterocycles. The fraction of sp³-hybridized carbons (Fsp3) is 0.556. The Morgan fingerprint density at radius 2 is 2.36 bits per heavy atom. The lowest BCUT2D eigenvalue weighted by molar-refractivity contribution is 0.742. The Hall–Kier alpha value is -0.920. The largest absolute Gasteiger partial charge is 0.372 e. The lowest BCUT2D eigenvalue weighted by atomic mass is 10.2. The van der Waals surface area contributed by atoms with Crippen LogP contribution in [0.25, 0.3) is 0 Å². The van der Waals surface area contributed by atoms with Crippen LogP contribution in [0, 0.1) is 0 Å². The van der Waals surface area contributed by atoms with Crippen LogP contribution in [0.15, 0.2) is 18.3 Å². The molecule has 0 spiro atoms. The average molecular weight is 152 g/mol. The lowest BCUT2D eigenvalue weighted by Crippen LogP contribution is -2.00. The number of hydrogen-bond donors (Lipinski definition) is 2. The van der Waals surface area contributed by atoms with Crippen LogP contribution in [0.3, 0.4) is 0 Å². The summed E-state index contributed by atoms with van der Waals surface area (Å²) in [5.41, 5.74) is 0. The van der Waals surface area contributed by atoms with Gasteiger partial charge in [-0.1, -0.05) is 19.8 Å². The molecule has 1 rings (SSSR count). The normalized spacial score (nSPS) is 9.91. The third kappa shape index (κ3) is 3.12. The van der Waals surface area contributed by atoms with Crippen molar-refractivity contribution in [3.8, 4) is 0 Å². The molecule has 1 aromatic heterocycles. The Labute approximate surface area is 68.0 Å². The van der Waals surface area contributed by atoms with E-state index in [1.807, 2.05) is 18.3 Å². The lowest BCUT2D eigenvalue weighted by Gasteiger charge is -2.01. The number of anilines is 1. The van der Waals surface area contributed by atoms with Crippen molar-refractivity contribution >= 4 is 5.82 Å². The SMILES string of the molecule is CCCCCNc1ccc[nH]1. The van der Waals surface area contributed by atoms with Crippen LogP contribution in [0.4, 0.5) is 5.82 Å².